The van der Waals surface area contributed by atoms with Crippen LogP contribution >= 0.6 is 0 Å². The second kappa shape index (κ2) is 5.31. The third-order valence-corrected chi connectivity index (χ3v) is 3.27. The summed E-state index contributed by atoms with van der Waals surface area (Å²) in [6.45, 7) is 8.74. The van der Waals surface area contributed by atoms with E-state index in [0.29, 0.717) is 5.41 Å². The fourth-order valence-electron chi connectivity index (χ4n) is 2.29. The zero-order valence-corrected chi connectivity index (χ0v) is 10.9. The van der Waals surface area contributed by atoms with Crippen molar-refractivity contribution in [1.82, 2.24) is 5.32 Å². The van der Waals surface area contributed by atoms with E-state index in [1.807, 2.05) is 7.05 Å². The highest BCUT2D eigenvalue weighted by atomic mass is 16.5. The molecule has 0 heterocycles. The van der Waals surface area contributed by atoms with Crippen molar-refractivity contribution in [3.63, 3.8) is 0 Å². The van der Waals surface area contributed by atoms with Gasteiger partial charge in [-0.05, 0) is 31.7 Å². The molecule has 1 N–H and O–H groups in total. The van der Waals surface area contributed by atoms with Gasteiger partial charge >= 0.3 is 0 Å². The summed E-state index contributed by atoms with van der Waals surface area (Å²) in [6, 6.07) is 0. The van der Waals surface area contributed by atoms with Crippen LogP contribution in [-0.4, -0.2) is 25.8 Å². The zero-order chi connectivity index (χ0) is 11.4. The van der Waals surface area contributed by atoms with Gasteiger partial charge in [-0.25, -0.2) is 0 Å². The number of rotatable bonds is 5. The third kappa shape index (κ3) is 4.52. The lowest BCUT2D eigenvalue weighted by Gasteiger charge is -2.30. The minimum Gasteiger partial charge on any atom is -0.374 e. The Balaban J connectivity index is 2.32. The van der Waals surface area contributed by atoms with Gasteiger partial charge in [0.05, 0.1) is 5.60 Å². The van der Waals surface area contributed by atoms with Gasteiger partial charge in [0.2, 0.25) is 0 Å². The van der Waals surface area contributed by atoms with Crippen molar-refractivity contribution in [1.29, 1.82) is 0 Å². The van der Waals surface area contributed by atoms with Crippen molar-refractivity contribution in [2.24, 2.45) is 5.41 Å². The topological polar surface area (TPSA) is 21.3 Å². The molecule has 1 rings (SSSR count). The second-order valence-corrected chi connectivity index (χ2v) is 6.08. The summed E-state index contributed by atoms with van der Waals surface area (Å²) >= 11 is 0. The Morgan fingerprint density at radius 3 is 2.27 bits per heavy atom. The van der Waals surface area contributed by atoms with Crippen molar-refractivity contribution in [3.8, 4) is 0 Å². The highest BCUT2D eigenvalue weighted by Crippen LogP contribution is 2.33. The minimum absolute atomic E-state index is 0.153. The lowest BCUT2D eigenvalue weighted by molar-refractivity contribution is -0.0468. The number of hydrogen-bond acceptors (Lipinski definition) is 2. The molecule has 2 nitrogen and oxygen atoms in total. The number of hydrogen-bond donors (Lipinski definition) is 1. The molecule has 0 atom stereocenters. The van der Waals surface area contributed by atoms with Gasteiger partial charge in [-0.1, -0.05) is 33.6 Å². The van der Waals surface area contributed by atoms with Crippen LogP contribution in [0.25, 0.3) is 0 Å². The summed E-state index contributed by atoms with van der Waals surface area (Å²) in [7, 11) is 2.02. The van der Waals surface area contributed by atoms with Crippen LogP contribution in [0.2, 0.25) is 0 Å². The third-order valence-electron chi connectivity index (χ3n) is 3.27. The molecule has 0 aliphatic heterocycles. The van der Waals surface area contributed by atoms with Crippen molar-refractivity contribution in [2.75, 3.05) is 20.2 Å². The maximum atomic E-state index is 6.14. The van der Waals surface area contributed by atoms with E-state index in [2.05, 4.69) is 26.1 Å². The van der Waals surface area contributed by atoms with E-state index < -0.39 is 0 Å². The first kappa shape index (κ1) is 13.0. The van der Waals surface area contributed by atoms with Crippen molar-refractivity contribution >= 4 is 0 Å². The Morgan fingerprint density at radius 2 is 1.80 bits per heavy atom. The van der Waals surface area contributed by atoms with Crippen LogP contribution in [0.1, 0.15) is 52.9 Å². The minimum atomic E-state index is 0.153. The average molecular weight is 213 g/mol. The second-order valence-electron chi connectivity index (χ2n) is 6.08. The van der Waals surface area contributed by atoms with Crippen LogP contribution in [-0.2, 0) is 4.74 Å². The molecular weight excluding hydrogens is 186 g/mol. The van der Waals surface area contributed by atoms with E-state index in [-0.39, 0.29) is 5.60 Å². The fourth-order valence-corrected chi connectivity index (χ4v) is 2.29. The monoisotopic (exact) mass is 213 g/mol. The molecule has 1 fully saturated rings. The van der Waals surface area contributed by atoms with Gasteiger partial charge in [-0.2, -0.15) is 0 Å². The molecule has 1 aliphatic carbocycles. The maximum absolute atomic E-state index is 6.14. The van der Waals surface area contributed by atoms with E-state index in [1.54, 1.807) is 0 Å². The van der Waals surface area contributed by atoms with E-state index >= 15 is 0 Å². The fraction of sp³-hybridized carbons (Fsp3) is 1.00. The molecular formula is C13H27NO. The normalized spacial score (nSPS) is 20.8. The molecule has 0 radical (unpaired) electrons. The standard InChI is InChI=1S/C13H27NO/c1-12(2,3)9-10-15-13(11-14-4)7-5-6-8-13/h14H,5-11H2,1-4H3. The van der Waals surface area contributed by atoms with E-state index in [1.165, 1.54) is 25.7 Å². The van der Waals surface area contributed by atoms with Crippen LogP contribution in [0.5, 0.6) is 0 Å². The number of ether oxygens (including phenoxy) is 1. The Bertz CT molecular complexity index is 177. The van der Waals surface area contributed by atoms with Gasteiger partial charge in [0.25, 0.3) is 0 Å². The highest BCUT2D eigenvalue weighted by molar-refractivity contribution is 4.88. The molecule has 2 heteroatoms. The zero-order valence-electron chi connectivity index (χ0n) is 10.9. The van der Waals surface area contributed by atoms with Crippen molar-refractivity contribution in [2.45, 2.75) is 58.5 Å². The predicted octanol–water partition coefficient (Wildman–Crippen LogP) is 2.97. The van der Waals surface area contributed by atoms with Crippen molar-refractivity contribution < 1.29 is 4.74 Å². The quantitative estimate of drug-likeness (QED) is 0.758. The molecule has 0 aromatic carbocycles. The molecule has 0 aromatic heterocycles. The first-order valence-electron chi connectivity index (χ1n) is 6.26. The first-order valence-corrected chi connectivity index (χ1v) is 6.26. The molecule has 15 heavy (non-hydrogen) atoms. The van der Waals surface area contributed by atoms with E-state index in [0.717, 1.165) is 19.6 Å². The SMILES string of the molecule is CNCC1(OCCC(C)(C)C)CCCC1. The van der Waals surface area contributed by atoms with Crippen LogP contribution in [0.3, 0.4) is 0 Å². The van der Waals surface area contributed by atoms with Crippen LogP contribution < -0.4 is 5.32 Å². The molecule has 0 bridgehead atoms. The van der Waals surface area contributed by atoms with Gasteiger partial charge in [-0.3, -0.25) is 0 Å². The van der Waals surface area contributed by atoms with E-state index in [4.69, 9.17) is 4.74 Å². The summed E-state index contributed by atoms with van der Waals surface area (Å²) in [5.74, 6) is 0. The number of likely N-dealkylation sites (N-methyl/N-ethyl adjacent to an activating group) is 1. The summed E-state index contributed by atoms with van der Waals surface area (Å²) in [5, 5.41) is 3.27. The van der Waals surface area contributed by atoms with Gasteiger partial charge in [0, 0.05) is 13.2 Å². The summed E-state index contributed by atoms with van der Waals surface area (Å²) in [4.78, 5) is 0. The summed E-state index contributed by atoms with van der Waals surface area (Å²) in [5.41, 5.74) is 0.541. The molecule has 0 amide bonds. The number of nitrogens with one attached hydrogen (secondary N) is 1. The van der Waals surface area contributed by atoms with Gasteiger partial charge in [0.15, 0.2) is 0 Å². The molecule has 0 unspecified atom stereocenters. The molecule has 90 valence electrons. The average Bonchev–Trinajstić information content (AvgIpc) is 2.52. The molecule has 1 aliphatic rings. The van der Waals surface area contributed by atoms with Gasteiger partial charge in [-0.15, -0.1) is 0 Å². The largest absolute Gasteiger partial charge is 0.374 e. The van der Waals surface area contributed by atoms with E-state index in [9.17, 15) is 0 Å². The Hall–Kier alpha value is -0.0800. The lowest BCUT2D eigenvalue weighted by atomic mass is 9.92. The smallest absolute Gasteiger partial charge is 0.0806 e. The Labute approximate surface area is 94.8 Å². The van der Waals surface area contributed by atoms with Crippen LogP contribution in [0, 0.1) is 5.41 Å². The molecule has 0 saturated heterocycles. The molecule has 0 aromatic rings. The van der Waals surface area contributed by atoms with Crippen LogP contribution in [0.4, 0.5) is 0 Å². The lowest BCUT2D eigenvalue weighted by Crippen LogP contribution is -2.40. The Morgan fingerprint density at radius 1 is 1.20 bits per heavy atom. The molecule has 1 saturated carbocycles. The van der Waals surface area contributed by atoms with Gasteiger partial charge in [0.1, 0.15) is 0 Å². The van der Waals surface area contributed by atoms with Gasteiger partial charge < -0.3 is 10.1 Å². The molecule has 0 spiro atoms. The first-order chi connectivity index (χ1) is 6.97. The summed E-state index contributed by atoms with van der Waals surface area (Å²) < 4.78 is 6.14. The maximum Gasteiger partial charge on any atom is 0.0806 e. The predicted molar refractivity (Wildman–Crippen MR) is 65.1 cm³/mol. The van der Waals surface area contributed by atoms with Crippen molar-refractivity contribution in [3.05, 3.63) is 0 Å². The van der Waals surface area contributed by atoms with Crippen LogP contribution in [0.15, 0.2) is 0 Å². The Kier molecular flexibility index (Phi) is 4.60. The highest BCUT2D eigenvalue weighted by Gasteiger charge is 2.34. The summed E-state index contributed by atoms with van der Waals surface area (Å²) in [6.07, 6.45) is 6.28.